The van der Waals surface area contributed by atoms with E-state index < -0.39 is 5.91 Å². The Morgan fingerprint density at radius 2 is 1.80 bits per heavy atom. The Kier molecular flexibility index (Phi) is 6.60. The van der Waals surface area contributed by atoms with Crippen LogP contribution in [0.4, 0.5) is 5.82 Å². The Labute approximate surface area is 226 Å². The summed E-state index contributed by atoms with van der Waals surface area (Å²) in [4.78, 5) is 54.3. The van der Waals surface area contributed by atoms with Gasteiger partial charge in [-0.15, -0.1) is 0 Å². The zero-order valence-electron chi connectivity index (χ0n) is 20.9. The van der Waals surface area contributed by atoms with E-state index in [1.54, 1.807) is 29.1 Å². The lowest BCUT2D eigenvalue weighted by molar-refractivity contribution is 0.0694. The first-order valence-electron chi connectivity index (χ1n) is 12.4. The molecule has 2 aromatic carbocycles. The molecule has 0 saturated heterocycles. The highest BCUT2D eigenvalue weighted by Crippen LogP contribution is 2.26. The Morgan fingerprint density at radius 3 is 2.60 bits per heavy atom. The number of aromatic amines is 1. The SMILES string of the molecule is O=C(NO)c1ncc(-c2cccc3nc(CCCNc4ncnc5[nH]cnc45)n(-c4ccccc4)c(=O)c23)cn1. The van der Waals surface area contributed by atoms with Crippen LogP contribution in [-0.4, -0.2) is 57.1 Å². The first kappa shape index (κ1) is 24.8. The summed E-state index contributed by atoms with van der Waals surface area (Å²) in [6, 6.07) is 14.7. The highest BCUT2D eigenvalue weighted by Gasteiger charge is 2.17. The van der Waals surface area contributed by atoms with E-state index in [4.69, 9.17) is 10.2 Å². The van der Waals surface area contributed by atoms with Crippen molar-refractivity contribution >= 4 is 33.8 Å². The molecule has 0 saturated carbocycles. The minimum absolute atomic E-state index is 0.197. The zero-order valence-corrected chi connectivity index (χ0v) is 20.9. The van der Waals surface area contributed by atoms with Crippen LogP contribution in [0, 0.1) is 0 Å². The Morgan fingerprint density at radius 1 is 0.975 bits per heavy atom. The van der Waals surface area contributed by atoms with Gasteiger partial charge in [0.2, 0.25) is 5.82 Å². The standard InChI is InChI=1S/C27H22N10O3/c38-26(36-40)25-29-12-16(13-30-25)18-8-4-9-19-21(18)27(39)37(17-6-2-1-3-7-17)20(35-19)10-5-11-28-23-22-24(32-14-31-22)34-15-33-23/h1-4,6-9,12-15,40H,5,10-11H2,(H,36,38)(H2,28,31,32,33,34). The molecule has 13 heteroatoms. The fraction of sp³-hybridized carbons (Fsp3) is 0.111. The molecule has 4 N–H and O–H groups in total. The maximum absolute atomic E-state index is 14.1. The number of carbonyl (C=O) groups is 1. The molecule has 0 radical (unpaired) electrons. The molecular weight excluding hydrogens is 512 g/mol. The van der Waals surface area contributed by atoms with Crippen LogP contribution in [0.2, 0.25) is 0 Å². The highest BCUT2D eigenvalue weighted by molar-refractivity contribution is 5.94. The normalized spacial score (nSPS) is 11.1. The van der Waals surface area contributed by atoms with Gasteiger partial charge in [-0.2, -0.15) is 0 Å². The van der Waals surface area contributed by atoms with Crippen molar-refractivity contribution in [3.05, 3.63) is 95.6 Å². The lowest BCUT2D eigenvalue weighted by atomic mass is 10.0. The van der Waals surface area contributed by atoms with Crippen molar-refractivity contribution in [3.8, 4) is 16.8 Å². The third-order valence-electron chi connectivity index (χ3n) is 6.34. The third-order valence-corrected chi connectivity index (χ3v) is 6.34. The van der Waals surface area contributed by atoms with E-state index in [1.165, 1.54) is 24.2 Å². The number of para-hydroxylation sites is 1. The quantitative estimate of drug-likeness (QED) is 0.129. The van der Waals surface area contributed by atoms with E-state index in [0.717, 1.165) is 0 Å². The monoisotopic (exact) mass is 534 g/mol. The number of fused-ring (bicyclic) bond motifs is 2. The molecule has 0 atom stereocenters. The van der Waals surface area contributed by atoms with Crippen molar-refractivity contribution in [2.24, 2.45) is 0 Å². The second kappa shape index (κ2) is 10.7. The van der Waals surface area contributed by atoms with Crippen LogP contribution in [0.1, 0.15) is 22.9 Å². The molecule has 40 heavy (non-hydrogen) atoms. The first-order chi connectivity index (χ1) is 19.6. The summed E-state index contributed by atoms with van der Waals surface area (Å²) >= 11 is 0. The Balaban J connectivity index is 1.36. The van der Waals surface area contributed by atoms with E-state index in [0.29, 0.717) is 69.9 Å². The van der Waals surface area contributed by atoms with E-state index in [-0.39, 0.29) is 11.4 Å². The Hall–Kier alpha value is -5.56. The number of imidazole rings is 1. The predicted octanol–water partition coefficient (Wildman–Crippen LogP) is 2.67. The van der Waals surface area contributed by atoms with Crippen molar-refractivity contribution < 1.29 is 10.0 Å². The maximum atomic E-state index is 14.1. The maximum Gasteiger partial charge on any atom is 0.312 e. The second-order valence-electron chi connectivity index (χ2n) is 8.79. The lowest BCUT2D eigenvalue weighted by Crippen LogP contribution is -2.25. The van der Waals surface area contributed by atoms with E-state index >= 15 is 0 Å². The molecule has 0 bridgehead atoms. The predicted molar refractivity (Wildman–Crippen MR) is 146 cm³/mol. The molecule has 4 heterocycles. The van der Waals surface area contributed by atoms with Crippen molar-refractivity contribution in [2.45, 2.75) is 12.8 Å². The van der Waals surface area contributed by atoms with Gasteiger partial charge in [0.05, 0.1) is 22.9 Å². The number of hydroxylamine groups is 1. The fourth-order valence-electron chi connectivity index (χ4n) is 4.51. The molecule has 0 aliphatic carbocycles. The van der Waals surface area contributed by atoms with Crippen molar-refractivity contribution in [3.63, 3.8) is 0 Å². The summed E-state index contributed by atoms with van der Waals surface area (Å²) in [5.41, 5.74) is 4.92. The summed E-state index contributed by atoms with van der Waals surface area (Å²) in [5, 5.41) is 12.5. The van der Waals surface area contributed by atoms with Crippen molar-refractivity contribution in [1.82, 2.24) is 44.9 Å². The minimum Gasteiger partial charge on any atom is -0.368 e. The topological polar surface area (TPSA) is 176 Å². The van der Waals surface area contributed by atoms with Crippen LogP contribution in [0.5, 0.6) is 0 Å². The summed E-state index contributed by atoms with van der Waals surface area (Å²) in [6.45, 7) is 0.576. The number of H-pyrrole nitrogens is 1. The van der Waals surface area contributed by atoms with Gasteiger partial charge >= 0.3 is 5.91 Å². The number of aromatic nitrogens is 8. The highest BCUT2D eigenvalue weighted by atomic mass is 16.5. The molecular formula is C27H22N10O3. The summed E-state index contributed by atoms with van der Waals surface area (Å²) in [5.74, 6) is 0.219. The van der Waals surface area contributed by atoms with Crippen LogP contribution in [0.3, 0.4) is 0 Å². The molecule has 0 unspecified atom stereocenters. The number of nitrogens with zero attached hydrogens (tertiary/aromatic N) is 7. The third kappa shape index (κ3) is 4.61. The van der Waals surface area contributed by atoms with Gasteiger partial charge in [-0.3, -0.25) is 19.4 Å². The molecule has 0 spiro atoms. The summed E-state index contributed by atoms with van der Waals surface area (Å²) in [7, 11) is 0. The Bertz CT molecular complexity index is 1890. The number of benzene rings is 2. The molecule has 1 amide bonds. The van der Waals surface area contributed by atoms with Crippen molar-refractivity contribution in [1.29, 1.82) is 0 Å². The van der Waals surface area contributed by atoms with Gasteiger partial charge < -0.3 is 10.3 Å². The second-order valence-corrected chi connectivity index (χ2v) is 8.79. The van der Waals surface area contributed by atoms with Gasteiger partial charge in [-0.25, -0.2) is 35.4 Å². The summed E-state index contributed by atoms with van der Waals surface area (Å²) < 4.78 is 1.62. The molecule has 6 rings (SSSR count). The van der Waals surface area contributed by atoms with Gasteiger partial charge in [0.1, 0.15) is 17.7 Å². The van der Waals surface area contributed by atoms with Gasteiger partial charge in [-0.1, -0.05) is 30.3 Å². The number of hydrogen-bond donors (Lipinski definition) is 4. The summed E-state index contributed by atoms with van der Waals surface area (Å²) in [6.07, 6.45) is 7.09. The van der Waals surface area contributed by atoms with Gasteiger partial charge in [-0.05, 0) is 30.2 Å². The minimum atomic E-state index is -0.829. The number of rotatable bonds is 8. The van der Waals surface area contributed by atoms with Crippen molar-refractivity contribution in [2.75, 3.05) is 11.9 Å². The lowest BCUT2D eigenvalue weighted by Gasteiger charge is -2.15. The van der Waals surface area contributed by atoms with Crippen LogP contribution in [-0.2, 0) is 6.42 Å². The van der Waals surface area contributed by atoms with Crippen LogP contribution < -0.4 is 16.4 Å². The molecule has 13 nitrogen and oxygen atoms in total. The number of anilines is 1. The number of hydrogen-bond acceptors (Lipinski definition) is 10. The molecule has 6 aromatic rings. The molecule has 4 aromatic heterocycles. The number of amides is 1. The van der Waals surface area contributed by atoms with E-state index in [1.807, 2.05) is 30.3 Å². The smallest absolute Gasteiger partial charge is 0.312 e. The number of nitrogens with one attached hydrogen (secondary N) is 3. The molecule has 0 fully saturated rings. The van der Waals surface area contributed by atoms with Crippen LogP contribution in [0.25, 0.3) is 38.9 Å². The van der Waals surface area contributed by atoms with Gasteiger partial charge in [0, 0.05) is 30.9 Å². The van der Waals surface area contributed by atoms with Gasteiger partial charge in [0.25, 0.3) is 5.56 Å². The van der Waals surface area contributed by atoms with E-state index in [9.17, 15) is 9.59 Å². The van der Waals surface area contributed by atoms with Crippen LogP contribution in [0.15, 0.2) is 78.4 Å². The number of carbonyl (C=O) groups excluding carboxylic acids is 1. The number of aryl methyl sites for hydroxylation is 1. The first-order valence-corrected chi connectivity index (χ1v) is 12.4. The largest absolute Gasteiger partial charge is 0.368 e. The van der Waals surface area contributed by atoms with Gasteiger partial charge in [0.15, 0.2) is 11.5 Å². The zero-order chi connectivity index (χ0) is 27.5. The van der Waals surface area contributed by atoms with E-state index in [2.05, 4.69) is 35.2 Å². The molecule has 0 aliphatic rings. The average molecular weight is 535 g/mol. The molecule has 0 aliphatic heterocycles. The molecule has 198 valence electrons. The van der Waals surface area contributed by atoms with Crippen LogP contribution >= 0.6 is 0 Å². The average Bonchev–Trinajstić information content (AvgIpc) is 3.49. The fourth-order valence-corrected chi connectivity index (χ4v) is 4.51.